The molecule has 0 atom stereocenters. The molecule has 0 aliphatic heterocycles. The minimum Gasteiger partial charge on any atom is -0.341 e. The fourth-order valence-corrected chi connectivity index (χ4v) is 2.35. The summed E-state index contributed by atoms with van der Waals surface area (Å²) in [5.41, 5.74) is -0.695. The first-order chi connectivity index (χ1) is 8.61. The third-order valence-corrected chi connectivity index (χ3v) is 3.75. The van der Waals surface area contributed by atoms with Crippen molar-refractivity contribution in [3.8, 4) is 0 Å². The highest BCUT2D eigenvalue weighted by Crippen LogP contribution is 2.20. The molecule has 1 amide bonds. The molecule has 0 N–H and O–H groups in total. The van der Waals surface area contributed by atoms with Crippen LogP contribution in [0.5, 0.6) is 0 Å². The van der Waals surface area contributed by atoms with Gasteiger partial charge >= 0.3 is 0 Å². The zero-order chi connectivity index (χ0) is 14.8. The third-order valence-electron chi connectivity index (χ3n) is 2.36. The SMILES string of the molecule is CN(CCS(C)(=O)=O)C(=O)c1c(F)cc(Br)cc1F. The van der Waals surface area contributed by atoms with Crippen LogP contribution in [0.25, 0.3) is 0 Å². The summed E-state index contributed by atoms with van der Waals surface area (Å²) >= 11 is 2.91. The summed E-state index contributed by atoms with van der Waals surface area (Å²) in [4.78, 5) is 12.8. The summed E-state index contributed by atoms with van der Waals surface area (Å²) in [7, 11) is -1.96. The third kappa shape index (κ3) is 4.54. The summed E-state index contributed by atoms with van der Waals surface area (Å²) < 4.78 is 49.3. The molecule has 0 aliphatic carbocycles. The summed E-state index contributed by atoms with van der Waals surface area (Å²) in [6, 6.07) is 1.95. The van der Waals surface area contributed by atoms with E-state index in [9.17, 15) is 22.0 Å². The average molecular weight is 356 g/mol. The molecule has 1 aromatic carbocycles. The Hall–Kier alpha value is -1.02. The van der Waals surface area contributed by atoms with Crippen molar-refractivity contribution in [3.63, 3.8) is 0 Å². The van der Waals surface area contributed by atoms with Gasteiger partial charge in [0.05, 0.1) is 5.75 Å². The van der Waals surface area contributed by atoms with Crippen molar-refractivity contribution in [1.82, 2.24) is 4.90 Å². The predicted molar refractivity (Wildman–Crippen MR) is 70.7 cm³/mol. The molecule has 0 saturated heterocycles. The molecule has 0 radical (unpaired) electrons. The highest BCUT2D eigenvalue weighted by molar-refractivity contribution is 9.10. The van der Waals surface area contributed by atoms with Gasteiger partial charge in [0.1, 0.15) is 27.0 Å². The number of benzene rings is 1. The maximum absolute atomic E-state index is 13.6. The van der Waals surface area contributed by atoms with Crippen molar-refractivity contribution >= 4 is 31.7 Å². The Morgan fingerprint density at radius 1 is 1.32 bits per heavy atom. The lowest BCUT2D eigenvalue weighted by Gasteiger charge is -2.17. The smallest absolute Gasteiger partial charge is 0.259 e. The molecule has 0 spiro atoms. The maximum atomic E-state index is 13.6. The van der Waals surface area contributed by atoms with Crippen LogP contribution >= 0.6 is 15.9 Å². The van der Waals surface area contributed by atoms with Crippen LogP contribution in [-0.4, -0.2) is 44.8 Å². The number of carbonyl (C=O) groups excluding carboxylic acids is 1. The Labute approximate surface area is 118 Å². The van der Waals surface area contributed by atoms with Crippen molar-refractivity contribution in [2.24, 2.45) is 0 Å². The molecule has 0 fully saturated rings. The first-order valence-corrected chi connectivity index (χ1v) is 8.05. The van der Waals surface area contributed by atoms with E-state index in [1.165, 1.54) is 7.05 Å². The Kier molecular flexibility index (Phi) is 5.03. The Bertz CT molecular complexity index is 581. The Morgan fingerprint density at radius 3 is 2.21 bits per heavy atom. The van der Waals surface area contributed by atoms with Crippen LogP contribution in [0.1, 0.15) is 10.4 Å². The second-order valence-corrected chi connectivity index (χ2v) is 7.28. The fourth-order valence-electron chi connectivity index (χ4n) is 1.34. The molecule has 0 aromatic heterocycles. The monoisotopic (exact) mass is 355 g/mol. The van der Waals surface area contributed by atoms with E-state index in [0.717, 1.165) is 23.3 Å². The zero-order valence-electron chi connectivity index (χ0n) is 10.3. The van der Waals surface area contributed by atoms with Gasteiger partial charge in [-0.05, 0) is 12.1 Å². The van der Waals surface area contributed by atoms with Gasteiger partial charge < -0.3 is 4.90 Å². The lowest BCUT2D eigenvalue weighted by atomic mass is 10.1. The van der Waals surface area contributed by atoms with Gasteiger partial charge in [-0.25, -0.2) is 17.2 Å². The summed E-state index contributed by atoms with van der Waals surface area (Å²) in [5, 5.41) is 0. The van der Waals surface area contributed by atoms with Gasteiger partial charge in [-0.2, -0.15) is 0 Å². The number of nitrogens with zero attached hydrogens (tertiary/aromatic N) is 1. The van der Waals surface area contributed by atoms with Crippen molar-refractivity contribution in [1.29, 1.82) is 0 Å². The standard InChI is InChI=1S/C11H12BrF2NO3S/c1-15(3-4-19(2,17)18)11(16)10-8(13)5-7(12)6-9(10)14/h5-6H,3-4H2,1-2H3. The van der Waals surface area contributed by atoms with Crippen molar-refractivity contribution < 1.29 is 22.0 Å². The topological polar surface area (TPSA) is 54.5 Å². The minimum absolute atomic E-state index is 0.132. The maximum Gasteiger partial charge on any atom is 0.259 e. The summed E-state index contributed by atoms with van der Waals surface area (Å²) in [5.74, 6) is -3.16. The van der Waals surface area contributed by atoms with Gasteiger partial charge in [-0.15, -0.1) is 0 Å². The Morgan fingerprint density at radius 2 is 1.79 bits per heavy atom. The molecule has 0 bridgehead atoms. The van der Waals surface area contributed by atoms with E-state index in [1.807, 2.05) is 0 Å². The van der Waals surface area contributed by atoms with Gasteiger partial charge in [0.25, 0.3) is 5.91 Å². The molecule has 4 nitrogen and oxygen atoms in total. The molecule has 8 heteroatoms. The van der Waals surface area contributed by atoms with Crippen LogP contribution in [0.15, 0.2) is 16.6 Å². The van der Waals surface area contributed by atoms with Crippen LogP contribution in [-0.2, 0) is 9.84 Å². The van der Waals surface area contributed by atoms with Gasteiger partial charge in [-0.1, -0.05) is 15.9 Å². The van der Waals surface area contributed by atoms with Gasteiger partial charge in [0.2, 0.25) is 0 Å². The number of carbonyl (C=O) groups is 1. The second-order valence-electron chi connectivity index (χ2n) is 4.10. The van der Waals surface area contributed by atoms with Crippen LogP contribution < -0.4 is 0 Å². The van der Waals surface area contributed by atoms with E-state index in [1.54, 1.807) is 0 Å². The van der Waals surface area contributed by atoms with E-state index in [0.29, 0.717) is 0 Å². The average Bonchev–Trinajstić information content (AvgIpc) is 2.23. The Balaban J connectivity index is 2.95. The number of hydrogen-bond acceptors (Lipinski definition) is 3. The fraction of sp³-hybridized carbons (Fsp3) is 0.364. The van der Waals surface area contributed by atoms with E-state index < -0.39 is 32.9 Å². The number of halogens is 3. The predicted octanol–water partition coefficient (Wildman–Crippen LogP) is 1.84. The van der Waals surface area contributed by atoms with E-state index in [-0.39, 0.29) is 16.8 Å². The van der Waals surface area contributed by atoms with Crippen molar-refractivity contribution in [2.45, 2.75) is 0 Å². The second kappa shape index (κ2) is 5.96. The van der Waals surface area contributed by atoms with E-state index in [4.69, 9.17) is 0 Å². The van der Waals surface area contributed by atoms with E-state index >= 15 is 0 Å². The molecule has 0 heterocycles. The molecule has 0 unspecified atom stereocenters. The molecule has 106 valence electrons. The lowest BCUT2D eigenvalue weighted by Crippen LogP contribution is -2.32. The molecular formula is C11H12BrF2NO3S. The number of rotatable bonds is 4. The number of sulfone groups is 1. The number of amides is 1. The quantitative estimate of drug-likeness (QED) is 0.827. The van der Waals surface area contributed by atoms with Crippen molar-refractivity contribution in [2.75, 3.05) is 25.6 Å². The molecule has 1 aromatic rings. The molecular weight excluding hydrogens is 344 g/mol. The van der Waals surface area contributed by atoms with Gasteiger partial charge in [0.15, 0.2) is 0 Å². The highest BCUT2D eigenvalue weighted by atomic mass is 79.9. The number of hydrogen-bond donors (Lipinski definition) is 0. The summed E-state index contributed by atoms with van der Waals surface area (Å²) in [6.07, 6.45) is 1.02. The normalized spacial score (nSPS) is 11.4. The van der Waals surface area contributed by atoms with E-state index in [2.05, 4.69) is 15.9 Å². The van der Waals surface area contributed by atoms with Crippen molar-refractivity contribution in [3.05, 3.63) is 33.8 Å². The zero-order valence-corrected chi connectivity index (χ0v) is 12.7. The molecule has 1 rings (SSSR count). The molecule has 0 aliphatic rings. The summed E-state index contributed by atoms with van der Waals surface area (Å²) in [6.45, 7) is -0.132. The highest BCUT2D eigenvalue weighted by Gasteiger charge is 2.22. The molecule has 0 saturated carbocycles. The lowest BCUT2D eigenvalue weighted by molar-refractivity contribution is 0.0794. The van der Waals surface area contributed by atoms with Crippen LogP contribution in [0, 0.1) is 11.6 Å². The minimum atomic E-state index is -3.25. The van der Waals surface area contributed by atoms with Crippen LogP contribution in [0.2, 0.25) is 0 Å². The van der Waals surface area contributed by atoms with Crippen LogP contribution in [0.3, 0.4) is 0 Å². The first kappa shape index (κ1) is 16.0. The van der Waals surface area contributed by atoms with Crippen LogP contribution in [0.4, 0.5) is 8.78 Å². The van der Waals surface area contributed by atoms with Gasteiger partial charge in [-0.3, -0.25) is 4.79 Å². The first-order valence-electron chi connectivity index (χ1n) is 5.19. The molecule has 19 heavy (non-hydrogen) atoms. The van der Waals surface area contributed by atoms with Gasteiger partial charge in [0, 0.05) is 24.3 Å². The largest absolute Gasteiger partial charge is 0.341 e.